The van der Waals surface area contributed by atoms with Crippen molar-refractivity contribution in [2.45, 2.75) is 17.7 Å². The number of aromatic amines is 1. The van der Waals surface area contributed by atoms with E-state index in [-0.39, 0.29) is 16.2 Å². The lowest BCUT2D eigenvalue weighted by atomic mass is 10.0. The monoisotopic (exact) mass is 448 g/mol. The van der Waals surface area contributed by atoms with Crippen LogP contribution in [-0.4, -0.2) is 30.0 Å². The number of aryl methyl sites for hydroxylation is 2. The number of H-pyrrole nitrogens is 1. The number of hydrogen-bond donors (Lipinski definition) is 1. The molecule has 0 spiro atoms. The Morgan fingerprint density at radius 2 is 1.78 bits per heavy atom. The Labute approximate surface area is 184 Å². The molecule has 7 nitrogen and oxygen atoms in total. The van der Waals surface area contributed by atoms with Gasteiger partial charge in [0.1, 0.15) is 17.0 Å². The second kappa shape index (κ2) is 7.20. The normalized spacial score (nSPS) is 13.5. The van der Waals surface area contributed by atoms with Crippen LogP contribution in [0.25, 0.3) is 22.0 Å². The van der Waals surface area contributed by atoms with E-state index in [9.17, 15) is 18.0 Å². The van der Waals surface area contributed by atoms with Crippen LogP contribution in [0.2, 0.25) is 0 Å². The van der Waals surface area contributed by atoms with Gasteiger partial charge < -0.3 is 14.3 Å². The maximum Gasteiger partial charge on any atom is 0.274 e. The number of hydrogen-bond acceptors (Lipinski definition) is 5. The molecule has 1 N–H and O–H groups in total. The van der Waals surface area contributed by atoms with Gasteiger partial charge in [0.15, 0.2) is 15.6 Å². The van der Waals surface area contributed by atoms with Gasteiger partial charge in [-0.05, 0) is 54.4 Å². The molecule has 32 heavy (non-hydrogen) atoms. The van der Waals surface area contributed by atoms with E-state index in [1.54, 1.807) is 49.8 Å². The zero-order valence-electron chi connectivity index (χ0n) is 17.5. The van der Waals surface area contributed by atoms with Crippen LogP contribution in [-0.2, 0) is 23.3 Å². The molecular weight excluding hydrogens is 428 g/mol. The summed E-state index contributed by atoms with van der Waals surface area (Å²) in [6.45, 7) is 0. The molecule has 1 aliphatic rings. The number of carbonyl (C=O) groups is 1. The van der Waals surface area contributed by atoms with E-state index >= 15 is 0 Å². The van der Waals surface area contributed by atoms with Crippen molar-refractivity contribution in [1.82, 2.24) is 9.55 Å². The summed E-state index contributed by atoms with van der Waals surface area (Å²) < 4.78 is 32.1. The van der Waals surface area contributed by atoms with E-state index < -0.39 is 9.84 Å². The Morgan fingerprint density at radius 1 is 0.969 bits per heavy atom. The van der Waals surface area contributed by atoms with Crippen molar-refractivity contribution < 1.29 is 17.9 Å². The molecule has 1 aliphatic carbocycles. The van der Waals surface area contributed by atoms with Crippen molar-refractivity contribution in [2.75, 3.05) is 6.26 Å². The predicted octanol–water partition coefficient (Wildman–Crippen LogP) is 3.86. The fourth-order valence-corrected chi connectivity index (χ4v) is 4.79. The fourth-order valence-electron chi connectivity index (χ4n) is 4.15. The maximum atomic E-state index is 12.5. The summed E-state index contributed by atoms with van der Waals surface area (Å²) in [6, 6.07) is 11.8. The summed E-state index contributed by atoms with van der Waals surface area (Å²) in [5.74, 6) is 1.13. The van der Waals surface area contributed by atoms with Gasteiger partial charge in [-0.2, -0.15) is 0 Å². The zero-order chi connectivity index (χ0) is 22.6. The molecule has 0 saturated carbocycles. The van der Waals surface area contributed by atoms with E-state index in [1.807, 2.05) is 6.07 Å². The van der Waals surface area contributed by atoms with Crippen LogP contribution >= 0.6 is 0 Å². The topological polar surface area (TPSA) is 98.2 Å². The third kappa shape index (κ3) is 3.33. The summed E-state index contributed by atoms with van der Waals surface area (Å²) in [5, 5.41) is 0.670. The van der Waals surface area contributed by atoms with Crippen molar-refractivity contribution in [3.05, 3.63) is 76.3 Å². The second-order valence-corrected chi connectivity index (χ2v) is 10.0. The number of nitrogens with zero attached hydrogens (tertiary/aromatic N) is 1. The van der Waals surface area contributed by atoms with Crippen LogP contribution in [0.1, 0.15) is 22.3 Å². The van der Waals surface area contributed by atoms with Crippen LogP contribution < -0.4 is 10.3 Å². The number of pyridine rings is 1. The van der Waals surface area contributed by atoms with Crippen molar-refractivity contribution in [2.24, 2.45) is 7.05 Å². The van der Waals surface area contributed by atoms with Gasteiger partial charge in [0.05, 0.1) is 4.90 Å². The number of Topliss-reactive ketones (excluding diaryl/α,β-unsaturated/α-hetero) is 1. The number of ketones is 1. The van der Waals surface area contributed by atoms with Crippen LogP contribution in [0.3, 0.4) is 0 Å². The molecule has 0 unspecified atom stereocenters. The minimum Gasteiger partial charge on any atom is -0.457 e. The van der Waals surface area contributed by atoms with E-state index in [0.29, 0.717) is 46.4 Å². The minimum atomic E-state index is -3.46. The van der Waals surface area contributed by atoms with Gasteiger partial charge in [0.2, 0.25) is 0 Å². The Hall–Kier alpha value is -3.65. The Morgan fingerprint density at radius 3 is 2.56 bits per heavy atom. The van der Waals surface area contributed by atoms with Crippen molar-refractivity contribution in [3.8, 4) is 22.6 Å². The molecule has 0 radical (unpaired) electrons. The van der Waals surface area contributed by atoms with Gasteiger partial charge >= 0.3 is 0 Å². The standard InChI is InChI=1S/C24H20N2O5S/c1-26-13-20(18-9-10-25-23(18)24(26)28)19-12-16(32(2,29)30)5-8-22(19)31-15-4-6-17-14(11-15)3-7-21(17)27/h4-6,8-13,25H,3,7H2,1-2H3. The summed E-state index contributed by atoms with van der Waals surface area (Å²) >= 11 is 0. The van der Waals surface area contributed by atoms with E-state index in [0.717, 1.165) is 17.4 Å². The molecule has 0 bridgehead atoms. The molecule has 0 amide bonds. The summed E-state index contributed by atoms with van der Waals surface area (Å²) in [6.07, 6.45) is 5.67. The molecule has 4 aromatic rings. The number of fused-ring (bicyclic) bond motifs is 2. The lowest BCUT2D eigenvalue weighted by Crippen LogP contribution is -2.16. The number of sulfone groups is 1. The Kier molecular flexibility index (Phi) is 4.56. The molecule has 2 aromatic carbocycles. The van der Waals surface area contributed by atoms with E-state index in [4.69, 9.17) is 4.74 Å². The quantitative estimate of drug-likeness (QED) is 0.511. The first kappa shape index (κ1) is 20.3. The highest BCUT2D eigenvalue weighted by Gasteiger charge is 2.21. The first-order chi connectivity index (χ1) is 15.2. The van der Waals surface area contributed by atoms with E-state index in [1.165, 1.54) is 10.6 Å². The summed E-state index contributed by atoms with van der Waals surface area (Å²) in [4.78, 5) is 27.5. The van der Waals surface area contributed by atoms with Crippen LogP contribution in [0.5, 0.6) is 11.5 Å². The van der Waals surface area contributed by atoms with Crippen LogP contribution in [0, 0.1) is 0 Å². The highest BCUT2D eigenvalue weighted by molar-refractivity contribution is 7.90. The van der Waals surface area contributed by atoms with Gasteiger partial charge in [-0.1, -0.05) is 0 Å². The predicted molar refractivity (Wildman–Crippen MR) is 121 cm³/mol. The molecule has 0 aliphatic heterocycles. The van der Waals surface area contributed by atoms with Gasteiger partial charge in [0, 0.05) is 54.2 Å². The lowest BCUT2D eigenvalue weighted by molar-refractivity contribution is 0.0994. The molecule has 2 aromatic heterocycles. The first-order valence-corrected chi connectivity index (χ1v) is 12.0. The number of aromatic nitrogens is 2. The Bertz CT molecular complexity index is 1580. The van der Waals surface area contributed by atoms with Crippen LogP contribution in [0.4, 0.5) is 0 Å². The lowest BCUT2D eigenvalue weighted by Gasteiger charge is -2.15. The molecule has 0 fully saturated rings. The highest BCUT2D eigenvalue weighted by Crippen LogP contribution is 2.38. The second-order valence-electron chi connectivity index (χ2n) is 8.00. The van der Waals surface area contributed by atoms with Crippen molar-refractivity contribution in [1.29, 1.82) is 0 Å². The smallest absolute Gasteiger partial charge is 0.274 e. The zero-order valence-corrected chi connectivity index (χ0v) is 18.3. The van der Waals surface area contributed by atoms with Crippen LogP contribution in [0.15, 0.2) is 64.5 Å². The molecule has 5 rings (SSSR count). The third-order valence-electron chi connectivity index (χ3n) is 5.79. The van der Waals surface area contributed by atoms with Gasteiger partial charge in [-0.25, -0.2) is 8.42 Å². The number of rotatable bonds is 4. The number of carbonyl (C=O) groups excluding carboxylic acids is 1. The molecule has 0 atom stereocenters. The molecule has 8 heteroatoms. The number of ether oxygens (including phenoxy) is 1. The SMILES string of the molecule is Cn1cc(-c2cc(S(C)(=O)=O)ccc2Oc2ccc3c(c2)CCC3=O)c2cc[nH]c2c1=O. The molecule has 2 heterocycles. The van der Waals surface area contributed by atoms with E-state index in [2.05, 4.69) is 4.98 Å². The first-order valence-electron chi connectivity index (χ1n) is 10.1. The van der Waals surface area contributed by atoms with Gasteiger partial charge in [-0.15, -0.1) is 0 Å². The average molecular weight is 449 g/mol. The molecular formula is C24H20N2O5S. The molecule has 0 saturated heterocycles. The molecule has 162 valence electrons. The minimum absolute atomic E-state index is 0.129. The number of benzene rings is 2. The van der Waals surface area contributed by atoms with Gasteiger partial charge in [0.25, 0.3) is 5.56 Å². The summed E-state index contributed by atoms with van der Waals surface area (Å²) in [5.41, 5.74) is 3.12. The average Bonchev–Trinajstić information content (AvgIpc) is 3.38. The summed E-state index contributed by atoms with van der Waals surface area (Å²) in [7, 11) is -1.82. The van der Waals surface area contributed by atoms with Crippen molar-refractivity contribution in [3.63, 3.8) is 0 Å². The maximum absolute atomic E-state index is 12.5. The van der Waals surface area contributed by atoms with Crippen molar-refractivity contribution >= 4 is 26.5 Å². The largest absolute Gasteiger partial charge is 0.457 e. The highest BCUT2D eigenvalue weighted by atomic mass is 32.2. The third-order valence-corrected chi connectivity index (χ3v) is 6.90. The fraction of sp³-hybridized carbons (Fsp3) is 0.167. The Balaban J connectivity index is 1.70. The number of nitrogens with one attached hydrogen (secondary N) is 1. The van der Waals surface area contributed by atoms with Gasteiger partial charge in [-0.3, -0.25) is 9.59 Å².